The lowest BCUT2D eigenvalue weighted by Crippen LogP contribution is -2.51. The zero-order valence-electron chi connectivity index (χ0n) is 17.4. The van der Waals surface area contributed by atoms with Crippen LogP contribution < -0.4 is 15.4 Å². The van der Waals surface area contributed by atoms with Crippen molar-refractivity contribution in [2.45, 2.75) is 64.0 Å². The van der Waals surface area contributed by atoms with Gasteiger partial charge in [0.2, 0.25) is 5.91 Å². The molecule has 3 aliphatic rings. The number of anilines is 1. The fourth-order valence-corrected chi connectivity index (χ4v) is 4.35. The van der Waals surface area contributed by atoms with Crippen LogP contribution in [0, 0.1) is 11.8 Å². The maximum atomic E-state index is 12.4. The number of likely N-dealkylation sites (tertiary alicyclic amines) is 1. The summed E-state index contributed by atoms with van der Waals surface area (Å²) in [6, 6.07) is 8.17. The van der Waals surface area contributed by atoms with E-state index in [0.29, 0.717) is 17.4 Å². The van der Waals surface area contributed by atoms with E-state index in [9.17, 15) is 9.59 Å². The van der Waals surface area contributed by atoms with Gasteiger partial charge in [-0.3, -0.25) is 9.59 Å². The van der Waals surface area contributed by atoms with Gasteiger partial charge < -0.3 is 20.3 Å². The molecule has 3 fully saturated rings. The number of nitrogens with zero attached hydrogens (tertiary/aromatic N) is 1. The van der Waals surface area contributed by atoms with E-state index in [1.807, 2.05) is 12.1 Å². The Kier molecular flexibility index (Phi) is 6.38. The van der Waals surface area contributed by atoms with Crippen molar-refractivity contribution < 1.29 is 14.3 Å². The molecule has 1 aromatic carbocycles. The summed E-state index contributed by atoms with van der Waals surface area (Å²) in [5.74, 6) is 1.24. The summed E-state index contributed by atoms with van der Waals surface area (Å²) in [5.41, 5.74) is 0.714. The van der Waals surface area contributed by atoms with E-state index in [1.165, 1.54) is 38.6 Å². The minimum Gasteiger partial charge on any atom is -0.484 e. The molecule has 6 nitrogen and oxygen atoms in total. The highest BCUT2D eigenvalue weighted by atomic mass is 16.5. The second-order valence-corrected chi connectivity index (χ2v) is 8.92. The van der Waals surface area contributed by atoms with Crippen molar-refractivity contribution in [1.29, 1.82) is 0 Å². The van der Waals surface area contributed by atoms with Gasteiger partial charge in [0.1, 0.15) is 5.75 Å². The summed E-state index contributed by atoms with van der Waals surface area (Å²) >= 11 is 0. The Labute approximate surface area is 173 Å². The average molecular weight is 400 g/mol. The van der Waals surface area contributed by atoms with Gasteiger partial charge in [-0.25, -0.2) is 0 Å². The van der Waals surface area contributed by atoms with Crippen LogP contribution >= 0.6 is 0 Å². The molecule has 1 aliphatic heterocycles. The Morgan fingerprint density at radius 2 is 2.00 bits per heavy atom. The summed E-state index contributed by atoms with van der Waals surface area (Å²) in [5, 5.41) is 6.03. The highest BCUT2D eigenvalue weighted by Gasteiger charge is 2.32. The van der Waals surface area contributed by atoms with E-state index in [2.05, 4.69) is 22.5 Å². The zero-order chi connectivity index (χ0) is 20.2. The molecule has 4 rings (SSSR count). The van der Waals surface area contributed by atoms with Crippen LogP contribution in [0.15, 0.2) is 24.3 Å². The predicted octanol–water partition coefficient (Wildman–Crippen LogP) is 3.18. The number of ether oxygens (including phenoxy) is 1. The van der Waals surface area contributed by atoms with Crippen LogP contribution in [0.3, 0.4) is 0 Å². The van der Waals surface area contributed by atoms with Gasteiger partial charge in [-0.05, 0) is 70.0 Å². The first-order valence-electron chi connectivity index (χ1n) is 11.2. The molecule has 0 spiro atoms. The Hall–Kier alpha value is -2.08. The summed E-state index contributed by atoms with van der Waals surface area (Å²) < 4.78 is 5.67. The number of hydrogen-bond donors (Lipinski definition) is 2. The van der Waals surface area contributed by atoms with Crippen LogP contribution in [-0.4, -0.2) is 48.5 Å². The average Bonchev–Trinajstić information content (AvgIpc) is 3.51. The van der Waals surface area contributed by atoms with Gasteiger partial charge >= 0.3 is 0 Å². The highest BCUT2D eigenvalue weighted by Crippen LogP contribution is 2.31. The smallest absolute Gasteiger partial charge is 0.258 e. The Bertz CT molecular complexity index is 730. The number of rotatable bonds is 8. The Morgan fingerprint density at radius 1 is 1.17 bits per heavy atom. The normalized spacial score (nSPS) is 23.7. The molecule has 2 atom stereocenters. The van der Waals surface area contributed by atoms with Crippen LogP contribution in [0.1, 0.15) is 51.9 Å². The molecule has 29 heavy (non-hydrogen) atoms. The Balaban J connectivity index is 1.21. The van der Waals surface area contributed by atoms with Crippen molar-refractivity contribution in [2.24, 2.45) is 11.8 Å². The summed E-state index contributed by atoms with van der Waals surface area (Å²) in [7, 11) is 0. The van der Waals surface area contributed by atoms with Crippen LogP contribution in [0.4, 0.5) is 5.69 Å². The van der Waals surface area contributed by atoms with Gasteiger partial charge in [0.15, 0.2) is 6.61 Å². The number of piperidine rings is 1. The maximum absolute atomic E-state index is 12.4. The molecule has 1 saturated heterocycles. The first kappa shape index (κ1) is 20.2. The first-order valence-corrected chi connectivity index (χ1v) is 11.2. The third-order valence-corrected chi connectivity index (χ3v) is 6.60. The largest absolute Gasteiger partial charge is 0.484 e. The molecule has 2 N–H and O–H groups in total. The predicted molar refractivity (Wildman–Crippen MR) is 113 cm³/mol. The molecule has 2 aliphatic carbocycles. The third kappa shape index (κ3) is 5.50. The van der Waals surface area contributed by atoms with Gasteiger partial charge in [-0.1, -0.05) is 12.5 Å². The van der Waals surface area contributed by atoms with E-state index >= 15 is 0 Å². The quantitative estimate of drug-likeness (QED) is 0.704. The molecule has 0 aromatic heterocycles. The lowest BCUT2D eigenvalue weighted by Gasteiger charge is -2.43. The van der Waals surface area contributed by atoms with Crippen molar-refractivity contribution in [3.8, 4) is 5.75 Å². The standard InChI is InChI=1S/C23H33N3O3/c1-16(18-5-4-12-26(14-18)20-7-3-8-20)24-22(27)15-29-21-9-2-6-19(13-21)25-23(28)17-10-11-17/h2,6,9,13,16-18,20H,3-5,7-8,10-12,14-15H2,1H3,(H,24,27)(H,25,28)/t16-,18+/m1/s1. The SMILES string of the molecule is C[C@@H](NC(=O)COc1cccc(NC(=O)C2CC2)c1)[C@H]1CCCN(C2CCC2)C1. The number of amides is 2. The topological polar surface area (TPSA) is 70.7 Å². The van der Waals surface area contributed by atoms with Gasteiger partial charge in [0.05, 0.1) is 0 Å². The molecular formula is C23H33N3O3. The van der Waals surface area contributed by atoms with E-state index < -0.39 is 0 Å². The first-order chi connectivity index (χ1) is 14.1. The van der Waals surface area contributed by atoms with E-state index in [-0.39, 0.29) is 30.4 Å². The van der Waals surface area contributed by atoms with E-state index in [1.54, 1.807) is 12.1 Å². The molecule has 1 heterocycles. The molecule has 2 saturated carbocycles. The fourth-order valence-electron chi connectivity index (χ4n) is 4.35. The molecule has 2 amide bonds. The van der Waals surface area contributed by atoms with Gasteiger partial charge in [-0.15, -0.1) is 0 Å². The lowest BCUT2D eigenvalue weighted by molar-refractivity contribution is -0.124. The van der Waals surface area contributed by atoms with Crippen LogP contribution in [0.2, 0.25) is 0 Å². The minimum atomic E-state index is -0.0920. The van der Waals surface area contributed by atoms with Crippen molar-refractivity contribution in [1.82, 2.24) is 10.2 Å². The van der Waals surface area contributed by atoms with Crippen LogP contribution in [0.5, 0.6) is 5.75 Å². The van der Waals surface area contributed by atoms with Crippen molar-refractivity contribution in [3.05, 3.63) is 24.3 Å². The number of nitrogens with one attached hydrogen (secondary N) is 2. The van der Waals surface area contributed by atoms with Gasteiger partial charge in [-0.2, -0.15) is 0 Å². The second kappa shape index (κ2) is 9.16. The van der Waals surface area contributed by atoms with Crippen molar-refractivity contribution >= 4 is 17.5 Å². The van der Waals surface area contributed by atoms with Crippen LogP contribution in [0.25, 0.3) is 0 Å². The summed E-state index contributed by atoms with van der Waals surface area (Å²) in [6.07, 6.45) is 8.37. The molecule has 0 bridgehead atoms. The highest BCUT2D eigenvalue weighted by molar-refractivity contribution is 5.94. The van der Waals surface area contributed by atoms with Crippen molar-refractivity contribution in [2.75, 3.05) is 25.0 Å². The number of hydrogen-bond acceptors (Lipinski definition) is 4. The summed E-state index contributed by atoms with van der Waals surface area (Å²) in [6.45, 7) is 4.40. The molecular weight excluding hydrogens is 366 g/mol. The Morgan fingerprint density at radius 3 is 2.72 bits per heavy atom. The monoisotopic (exact) mass is 399 g/mol. The fraction of sp³-hybridized carbons (Fsp3) is 0.652. The van der Waals surface area contributed by atoms with Gasteiger partial charge in [0, 0.05) is 36.3 Å². The second-order valence-electron chi connectivity index (χ2n) is 8.92. The summed E-state index contributed by atoms with van der Waals surface area (Å²) in [4.78, 5) is 26.9. The molecule has 158 valence electrons. The molecule has 0 radical (unpaired) electrons. The van der Waals surface area contributed by atoms with Crippen molar-refractivity contribution in [3.63, 3.8) is 0 Å². The lowest BCUT2D eigenvalue weighted by atomic mass is 9.85. The molecule has 6 heteroatoms. The third-order valence-electron chi connectivity index (χ3n) is 6.60. The minimum absolute atomic E-state index is 0.0105. The van der Waals surface area contributed by atoms with Gasteiger partial charge in [0.25, 0.3) is 5.91 Å². The molecule has 1 aromatic rings. The van der Waals surface area contributed by atoms with Crippen LogP contribution in [-0.2, 0) is 9.59 Å². The number of carbonyl (C=O) groups excluding carboxylic acids is 2. The van der Waals surface area contributed by atoms with E-state index in [0.717, 1.165) is 25.4 Å². The number of benzene rings is 1. The molecule has 0 unspecified atom stereocenters. The number of carbonyl (C=O) groups is 2. The van der Waals surface area contributed by atoms with E-state index in [4.69, 9.17) is 4.74 Å². The maximum Gasteiger partial charge on any atom is 0.258 e. The zero-order valence-corrected chi connectivity index (χ0v) is 17.4.